The van der Waals surface area contributed by atoms with E-state index >= 15 is 0 Å². The van der Waals surface area contributed by atoms with Crippen molar-refractivity contribution in [2.75, 3.05) is 26.2 Å². The summed E-state index contributed by atoms with van der Waals surface area (Å²) in [6.07, 6.45) is 3.51. The van der Waals surface area contributed by atoms with Gasteiger partial charge in [0.15, 0.2) is 5.96 Å². The minimum absolute atomic E-state index is 0.0489. The van der Waals surface area contributed by atoms with E-state index in [-0.39, 0.29) is 11.4 Å². The van der Waals surface area contributed by atoms with Crippen LogP contribution >= 0.6 is 0 Å². The lowest BCUT2D eigenvalue weighted by atomic mass is 10.1. The van der Waals surface area contributed by atoms with Crippen molar-refractivity contribution in [3.8, 4) is 0 Å². The largest absolute Gasteiger partial charge is 0.357 e. The molecule has 162 valence electrons. The number of likely N-dealkylation sites (tertiary alicyclic amines) is 1. The maximum absolute atomic E-state index is 12.4. The summed E-state index contributed by atoms with van der Waals surface area (Å²) in [6.45, 7) is 15.1. The lowest BCUT2D eigenvalue weighted by molar-refractivity contribution is 0.0919. The van der Waals surface area contributed by atoms with Crippen molar-refractivity contribution in [1.82, 2.24) is 20.9 Å². The van der Waals surface area contributed by atoms with E-state index in [2.05, 4.69) is 34.7 Å². The Kier molecular flexibility index (Phi) is 8.96. The Balaban J connectivity index is 1.96. The maximum Gasteiger partial charge on any atom is 0.251 e. The molecule has 0 atom stereocenters. The number of nitrogens with one attached hydrogen (secondary N) is 3. The monoisotopic (exact) mass is 401 g/mol. The zero-order valence-corrected chi connectivity index (χ0v) is 18.8. The molecule has 1 aliphatic rings. The third-order valence-corrected chi connectivity index (χ3v) is 4.91. The van der Waals surface area contributed by atoms with Crippen molar-refractivity contribution >= 4 is 11.9 Å². The molecule has 0 bridgehead atoms. The van der Waals surface area contributed by atoms with Gasteiger partial charge in [-0.05, 0) is 71.2 Å². The minimum atomic E-state index is -0.250. The number of nitrogens with zero attached hydrogens (tertiary/aromatic N) is 2. The first-order valence-electron chi connectivity index (χ1n) is 11.0. The first-order valence-corrected chi connectivity index (χ1v) is 11.0. The van der Waals surface area contributed by atoms with Crippen LogP contribution in [0, 0.1) is 0 Å². The van der Waals surface area contributed by atoms with E-state index < -0.39 is 0 Å². The molecule has 0 saturated carbocycles. The summed E-state index contributed by atoms with van der Waals surface area (Å²) < 4.78 is 0. The molecule has 1 heterocycles. The van der Waals surface area contributed by atoms with Crippen molar-refractivity contribution in [2.24, 2.45) is 4.99 Å². The van der Waals surface area contributed by atoms with Crippen LogP contribution in [0.5, 0.6) is 0 Å². The summed E-state index contributed by atoms with van der Waals surface area (Å²) in [7, 11) is 0. The SMILES string of the molecule is CCCN1CCC(NC(=NCc2cccc(C(=O)NC(C)(C)C)c2)NCC)CC1. The van der Waals surface area contributed by atoms with Gasteiger partial charge in [0.25, 0.3) is 5.91 Å². The minimum Gasteiger partial charge on any atom is -0.357 e. The number of piperidine rings is 1. The average Bonchev–Trinajstić information content (AvgIpc) is 2.67. The summed E-state index contributed by atoms with van der Waals surface area (Å²) in [5.41, 5.74) is 1.45. The second kappa shape index (κ2) is 11.2. The molecular formula is C23H39N5O. The summed E-state index contributed by atoms with van der Waals surface area (Å²) in [5.74, 6) is 0.804. The molecule has 1 fully saturated rings. The fraction of sp³-hybridized carbons (Fsp3) is 0.652. The van der Waals surface area contributed by atoms with Crippen LogP contribution in [0.2, 0.25) is 0 Å². The smallest absolute Gasteiger partial charge is 0.251 e. The number of hydrogen-bond donors (Lipinski definition) is 3. The zero-order valence-electron chi connectivity index (χ0n) is 18.8. The highest BCUT2D eigenvalue weighted by molar-refractivity contribution is 5.94. The number of aliphatic imine (C=N–C) groups is 1. The average molecular weight is 402 g/mol. The van der Waals surface area contributed by atoms with Gasteiger partial charge in [-0.25, -0.2) is 4.99 Å². The number of carbonyl (C=O) groups is 1. The van der Waals surface area contributed by atoms with Crippen LogP contribution in [0.3, 0.4) is 0 Å². The van der Waals surface area contributed by atoms with E-state index in [0.717, 1.165) is 44.0 Å². The van der Waals surface area contributed by atoms with Gasteiger partial charge in [0.2, 0.25) is 0 Å². The molecule has 6 heteroatoms. The molecule has 0 radical (unpaired) electrons. The first kappa shape index (κ1) is 23.2. The van der Waals surface area contributed by atoms with Crippen LogP contribution in [-0.4, -0.2) is 54.5 Å². The van der Waals surface area contributed by atoms with Gasteiger partial charge in [-0.2, -0.15) is 0 Å². The van der Waals surface area contributed by atoms with E-state index in [4.69, 9.17) is 4.99 Å². The van der Waals surface area contributed by atoms with Crippen molar-refractivity contribution in [1.29, 1.82) is 0 Å². The molecule has 0 aliphatic carbocycles. The Morgan fingerprint density at radius 3 is 2.55 bits per heavy atom. The maximum atomic E-state index is 12.4. The number of rotatable bonds is 7. The van der Waals surface area contributed by atoms with Crippen LogP contribution in [0.15, 0.2) is 29.3 Å². The Hall–Kier alpha value is -2.08. The van der Waals surface area contributed by atoms with Gasteiger partial charge in [0.1, 0.15) is 0 Å². The van der Waals surface area contributed by atoms with E-state index in [1.807, 2.05) is 45.0 Å². The molecule has 3 N–H and O–H groups in total. The summed E-state index contributed by atoms with van der Waals surface area (Å²) >= 11 is 0. The Morgan fingerprint density at radius 2 is 1.93 bits per heavy atom. The third-order valence-electron chi connectivity index (χ3n) is 4.91. The molecule has 1 amide bonds. The molecule has 6 nitrogen and oxygen atoms in total. The van der Waals surface area contributed by atoms with Crippen molar-refractivity contribution in [3.63, 3.8) is 0 Å². The fourth-order valence-corrected chi connectivity index (χ4v) is 3.52. The lowest BCUT2D eigenvalue weighted by Crippen LogP contribution is -2.48. The van der Waals surface area contributed by atoms with Gasteiger partial charge in [0.05, 0.1) is 6.54 Å². The summed E-state index contributed by atoms with van der Waals surface area (Å²) in [4.78, 5) is 19.7. The number of benzene rings is 1. The molecular weight excluding hydrogens is 362 g/mol. The molecule has 0 spiro atoms. The standard InChI is InChI=1S/C23H39N5O/c1-6-13-28-14-11-20(12-15-28)26-22(24-7-2)25-17-18-9-8-10-19(16-18)21(29)27-23(3,4)5/h8-10,16,20H,6-7,11-15,17H2,1-5H3,(H,27,29)(H2,24,25,26). The Morgan fingerprint density at radius 1 is 1.21 bits per heavy atom. The first-order chi connectivity index (χ1) is 13.8. The molecule has 1 saturated heterocycles. The molecule has 2 rings (SSSR count). The second-order valence-corrected chi connectivity index (χ2v) is 8.86. The summed E-state index contributed by atoms with van der Waals surface area (Å²) in [6, 6.07) is 8.18. The Labute approximate surface area is 176 Å². The van der Waals surface area contributed by atoms with E-state index in [1.54, 1.807) is 0 Å². The zero-order chi connectivity index (χ0) is 21.3. The number of amides is 1. The van der Waals surface area contributed by atoms with Crippen LogP contribution in [0.1, 0.15) is 69.8 Å². The van der Waals surface area contributed by atoms with Crippen LogP contribution in [0.25, 0.3) is 0 Å². The second-order valence-electron chi connectivity index (χ2n) is 8.86. The molecule has 29 heavy (non-hydrogen) atoms. The fourth-order valence-electron chi connectivity index (χ4n) is 3.52. The predicted octanol–water partition coefficient (Wildman–Crippen LogP) is 3.14. The van der Waals surface area contributed by atoms with Gasteiger partial charge in [-0.1, -0.05) is 19.1 Å². The highest BCUT2D eigenvalue weighted by Gasteiger charge is 2.19. The van der Waals surface area contributed by atoms with Crippen LogP contribution in [-0.2, 0) is 6.54 Å². The molecule has 0 unspecified atom stereocenters. The van der Waals surface area contributed by atoms with Crippen molar-refractivity contribution < 1.29 is 4.79 Å². The topological polar surface area (TPSA) is 68.8 Å². The van der Waals surface area contributed by atoms with Crippen LogP contribution in [0.4, 0.5) is 0 Å². The molecule has 1 aromatic rings. The molecule has 1 aliphatic heterocycles. The normalized spacial score (nSPS) is 16.5. The quantitative estimate of drug-likeness (QED) is 0.485. The van der Waals surface area contributed by atoms with Gasteiger partial charge >= 0.3 is 0 Å². The lowest BCUT2D eigenvalue weighted by Gasteiger charge is -2.32. The highest BCUT2D eigenvalue weighted by atomic mass is 16.1. The summed E-state index contributed by atoms with van der Waals surface area (Å²) in [5, 5.41) is 9.95. The third kappa shape index (κ3) is 8.44. The number of hydrogen-bond acceptors (Lipinski definition) is 3. The van der Waals surface area contributed by atoms with E-state index in [9.17, 15) is 4.79 Å². The number of guanidine groups is 1. The predicted molar refractivity (Wildman–Crippen MR) is 121 cm³/mol. The van der Waals surface area contributed by atoms with Crippen molar-refractivity contribution in [3.05, 3.63) is 35.4 Å². The number of carbonyl (C=O) groups excluding carboxylic acids is 1. The van der Waals surface area contributed by atoms with E-state index in [0.29, 0.717) is 18.2 Å². The van der Waals surface area contributed by atoms with Gasteiger partial charge < -0.3 is 20.9 Å². The van der Waals surface area contributed by atoms with Crippen molar-refractivity contribution in [2.45, 2.75) is 72.0 Å². The van der Waals surface area contributed by atoms with Gasteiger partial charge in [-0.15, -0.1) is 0 Å². The molecule has 1 aromatic carbocycles. The highest BCUT2D eigenvalue weighted by Crippen LogP contribution is 2.11. The van der Waals surface area contributed by atoms with Crippen LogP contribution < -0.4 is 16.0 Å². The van der Waals surface area contributed by atoms with Gasteiger partial charge in [0, 0.05) is 36.8 Å². The Bertz CT molecular complexity index is 672. The molecule has 0 aromatic heterocycles. The van der Waals surface area contributed by atoms with Gasteiger partial charge in [-0.3, -0.25) is 4.79 Å². The van der Waals surface area contributed by atoms with E-state index in [1.165, 1.54) is 13.0 Å².